The van der Waals surface area contributed by atoms with Crippen LogP contribution in [0.1, 0.15) is 73.1 Å². The molecule has 1 saturated carbocycles. The summed E-state index contributed by atoms with van der Waals surface area (Å²) in [5, 5.41) is 0. The highest BCUT2D eigenvalue weighted by atomic mass is 15.2. The predicted molar refractivity (Wildman–Crippen MR) is 80.8 cm³/mol. The summed E-state index contributed by atoms with van der Waals surface area (Å²) in [6, 6.07) is 0.600. The smallest absolute Gasteiger partial charge is 0.0385 e. The lowest BCUT2D eigenvalue weighted by atomic mass is 9.73. The average Bonchev–Trinajstić information content (AvgIpc) is 2.60. The lowest BCUT2D eigenvalue weighted by Crippen LogP contribution is -2.62. The molecule has 2 N–H and O–H groups in total. The molecule has 0 heterocycles. The zero-order valence-corrected chi connectivity index (χ0v) is 13.3. The Hall–Kier alpha value is -0.0800. The molecule has 0 aromatic rings. The van der Waals surface area contributed by atoms with Crippen LogP contribution in [-0.2, 0) is 0 Å². The van der Waals surface area contributed by atoms with Gasteiger partial charge < -0.3 is 5.73 Å². The van der Waals surface area contributed by atoms with Crippen LogP contribution in [-0.4, -0.2) is 29.6 Å². The first-order chi connectivity index (χ1) is 8.41. The molecule has 1 atom stereocenters. The summed E-state index contributed by atoms with van der Waals surface area (Å²) >= 11 is 0. The van der Waals surface area contributed by atoms with Crippen LogP contribution in [0.3, 0.4) is 0 Å². The van der Waals surface area contributed by atoms with Crippen molar-refractivity contribution >= 4 is 0 Å². The third-order valence-electron chi connectivity index (χ3n) is 5.17. The van der Waals surface area contributed by atoms with Gasteiger partial charge in [-0.25, -0.2) is 0 Å². The molecule has 0 aromatic carbocycles. The van der Waals surface area contributed by atoms with Crippen LogP contribution < -0.4 is 5.73 Å². The molecule has 1 aliphatic rings. The molecule has 0 amide bonds. The summed E-state index contributed by atoms with van der Waals surface area (Å²) in [5.41, 5.74) is 6.84. The maximum Gasteiger partial charge on any atom is 0.0385 e. The molecule has 108 valence electrons. The van der Waals surface area contributed by atoms with Gasteiger partial charge in [0, 0.05) is 18.1 Å². The van der Waals surface area contributed by atoms with Crippen molar-refractivity contribution in [3.63, 3.8) is 0 Å². The second kappa shape index (κ2) is 6.38. The van der Waals surface area contributed by atoms with E-state index < -0.39 is 0 Å². The van der Waals surface area contributed by atoms with Gasteiger partial charge in [-0.2, -0.15) is 0 Å². The van der Waals surface area contributed by atoms with Gasteiger partial charge in [0.25, 0.3) is 0 Å². The predicted octanol–water partition coefficient (Wildman–Crippen LogP) is 3.79. The Kier molecular flexibility index (Phi) is 5.67. The van der Waals surface area contributed by atoms with E-state index in [-0.39, 0.29) is 5.54 Å². The molecular weight excluding hydrogens is 220 g/mol. The van der Waals surface area contributed by atoms with E-state index in [0.717, 1.165) is 6.54 Å². The van der Waals surface area contributed by atoms with E-state index in [1.54, 1.807) is 0 Å². The highest BCUT2D eigenvalue weighted by Crippen LogP contribution is 2.49. The molecule has 1 unspecified atom stereocenters. The van der Waals surface area contributed by atoms with Gasteiger partial charge in [-0.15, -0.1) is 0 Å². The van der Waals surface area contributed by atoms with Gasteiger partial charge >= 0.3 is 0 Å². The van der Waals surface area contributed by atoms with Crippen molar-refractivity contribution in [1.82, 2.24) is 4.90 Å². The third-order valence-corrected chi connectivity index (χ3v) is 5.17. The third kappa shape index (κ3) is 2.91. The summed E-state index contributed by atoms with van der Waals surface area (Å²) < 4.78 is 0. The van der Waals surface area contributed by atoms with Crippen molar-refractivity contribution in [2.75, 3.05) is 13.1 Å². The summed E-state index contributed by atoms with van der Waals surface area (Å²) in [6.07, 6.45) is 7.88. The van der Waals surface area contributed by atoms with Crippen LogP contribution in [0, 0.1) is 5.41 Å². The van der Waals surface area contributed by atoms with Gasteiger partial charge in [-0.1, -0.05) is 40.0 Å². The highest BCUT2D eigenvalue weighted by Gasteiger charge is 2.51. The first-order valence-corrected chi connectivity index (χ1v) is 7.88. The molecule has 0 radical (unpaired) electrons. The van der Waals surface area contributed by atoms with Crippen molar-refractivity contribution in [2.45, 2.75) is 84.7 Å². The summed E-state index contributed by atoms with van der Waals surface area (Å²) in [4.78, 5) is 2.72. The van der Waals surface area contributed by atoms with Crippen molar-refractivity contribution in [1.29, 1.82) is 0 Å². The van der Waals surface area contributed by atoms with Gasteiger partial charge in [0.05, 0.1) is 0 Å². The summed E-state index contributed by atoms with van der Waals surface area (Å²) in [5.74, 6) is 0. The topological polar surface area (TPSA) is 29.3 Å². The van der Waals surface area contributed by atoms with E-state index in [2.05, 4.69) is 39.5 Å². The van der Waals surface area contributed by atoms with Crippen LogP contribution in [0.25, 0.3) is 0 Å². The van der Waals surface area contributed by atoms with E-state index in [4.69, 9.17) is 5.73 Å². The van der Waals surface area contributed by atoms with Crippen LogP contribution >= 0.6 is 0 Å². The zero-order valence-electron chi connectivity index (χ0n) is 13.3. The van der Waals surface area contributed by atoms with Gasteiger partial charge in [-0.3, -0.25) is 4.90 Å². The summed E-state index contributed by atoms with van der Waals surface area (Å²) in [7, 11) is 0. The second-order valence-corrected chi connectivity index (χ2v) is 6.97. The van der Waals surface area contributed by atoms with Gasteiger partial charge in [-0.05, 0) is 45.1 Å². The van der Waals surface area contributed by atoms with Gasteiger partial charge in [0.15, 0.2) is 0 Å². The van der Waals surface area contributed by atoms with Crippen LogP contribution in [0.4, 0.5) is 0 Å². The van der Waals surface area contributed by atoms with Crippen molar-refractivity contribution in [3.05, 3.63) is 0 Å². The molecule has 0 aromatic heterocycles. The maximum atomic E-state index is 6.25. The Morgan fingerprint density at radius 1 is 1.17 bits per heavy atom. The lowest BCUT2D eigenvalue weighted by Gasteiger charge is -2.51. The minimum Gasteiger partial charge on any atom is -0.329 e. The molecule has 18 heavy (non-hydrogen) atoms. The van der Waals surface area contributed by atoms with E-state index in [1.807, 2.05) is 0 Å². The number of nitrogens with zero attached hydrogens (tertiary/aromatic N) is 1. The van der Waals surface area contributed by atoms with Crippen molar-refractivity contribution in [2.24, 2.45) is 11.1 Å². The monoisotopic (exact) mass is 254 g/mol. The minimum absolute atomic E-state index is 0.231. The molecule has 0 saturated heterocycles. The fourth-order valence-corrected chi connectivity index (χ4v) is 3.92. The maximum absolute atomic E-state index is 6.25. The second-order valence-electron chi connectivity index (χ2n) is 6.97. The number of nitrogens with two attached hydrogens (primary N) is 1. The molecular formula is C16H34N2. The number of unbranched alkanes of at least 4 members (excludes halogenated alkanes) is 2. The fraction of sp³-hybridized carbons (Fsp3) is 1.00. The number of hydrogen-bond donors (Lipinski definition) is 1. The zero-order chi connectivity index (χ0) is 13.8. The van der Waals surface area contributed by atoms with Crippen molar-refractivity contribution < 1.29 is 0 Å². The molecule has 0 bridgehead atoms. The van der Waals surface area contributed by atoms with Gasteiger partial charge in [0.1, 0.15) is 0 Å². The Labute approximate surface area is 114 Å². The molecule has 0 aliphatic heterocycles. The first kappa shape index (κ1) is 16.0. The summed E-state index contributed by atoms with van der Waals surface area (Å²) in [6.45, 7) is 13.8. The van der Waals surface area contributed by atoms with Crippen LogP contribution in [0.2, 0.25) is 0 Å². The normalized spacial score (nSPS) is 27.3. The quantitative estimate of drug-likeness (QED) is 0.700. The Morgan fingerprint density at radius 3 is 2.22 bits per heavy atom. The highest BCUT2D eigenvalue weighted by molar-refractivity contribution is 5.07. The Bertz CT molecular complexity index is 247. The number of rotatable bonds is 7. The van der Waals surface area contributed by atoms with Crippen LogP contribution in [0.15, 0.2) is 0 Å². The fourth-order valence-electron chi connectivity index (χ4n) is 3.92. The Morgan fingerprint density at radius 2 is 1.83 bits per heavy atom. The van der Waals surface area contributed by atoms with E-state index in [1.165, 1.54) is 45.1 Å². The van der Waals surface area contributed by atoms with E-state index in [0.29, 0.717) is 11.5 Å². The minimum atomic E-state index is 0.231. The molecule has 1 rings (SSSR count). The van der Waals surface area contributed by atoms with Crippen LogP contribution in [0.5, 0.6) is 0 Å². The van der Waals surface area contributed by atoms with Crippen molar-refractivity contribution in [3.8, 4) is 0 Å². The van der Waals surface area contributed by atoms with E-state index in [9.17, 15) is 0 Å². The SMILES string of the molecule is CCCCCN(C(C)C)C1(CN)CCCC1(C)C. The standard InChI is InChI=1S/C16H34N2/c1-6-7-8-12-18(14(2)3)16(13-17)11-9-10-15(16,4)5/h14H,6-13,17H2,1-5H3. The molecule has 1 aliphatic carbocycles. The van der Waals surface area contributed by atoms with E-state index >= 15 is 0 Å². The molecule has 2 nitrogen and oxygen atoms in total. The molecule has 0 spiro atoms. The molecule has 1 fully saturated rings. The number of hydrogen-bond acceptors (Lipinski definition) is 2. The first-order valence-electron chi connectivity index (χ1n) is 7.88. The molecule has 2 heteroatoms. The largest absolute Gasteiger partial charge is 0.329 e. The van der Waals surface area contributed by atoms with Gasteiger partial charge in [0.2, 0.25) is 0 Å². The lowest BCUT2D eigenvalue weighted by molar-refractivity contribution is -0.0110. The Balaban J connectivity index is 2.87. The average molecular weight is 254 g/mol.